The predicted octanol–water partition coefficient (Wildman–Crippen LogP) is 7.47. The van der Waals surface area contributed by atoms with Crippen LogP contribution in [0.15, 0.2) is 72.5 Å². The van der Waals surface area contributed by atoms with Crippen molar-refractivity contribution in [3.63, 3.8) is 0 Å². The zero-order valence-corrected chi connectivity index (χ0v) is 17.5. The van der Waals surface area contributed by atoms with Crippen LogP contribution in [0.1, 0.15) is 0 Å². The van der Waals surface area contributed by atoms with E-state index >= 15 is 0 Å². The highest BCUT2D eigenvalue weighted by atomic mass is 79.9. The van der Waals surface area contributed by atoms with Gasteiger partial charge in [0.2, 0.25) is 0 Å². The highest BCUT2D eigenvalue weighted by Crippen LogP contribution is 2.39. The fourth-order valence-electron chi connectivity index (χ4n) is 2.15. The molecule has 0 amide bonds. The first-order valence-electron chi connectivity index (χ1n) is 6.44. The molecule has 0 bridgehead atoms. The first-order chi connectivity index (χ1) is 10.6. The Bertz CT molecular complexity index is 779. The van der Waals surface area contributed by atoms with Gasteiger partial charge in [0.1, 0.15) is 0 Å². The average molecular weight is 547 g/mol. The van der Waals surface area contributed by atoms with Crippen molar-refractivity contribution in [2.45, 2.75) is 0 Å². The topological polar surface area (TPSA) is 12.9 Å². The zero-order chi connectivity index (χ0) is 15.7. The Morgan fingerprint density at radius 3 is 1.36 bits per heavy atom. The monoisotopic (exact) mass is 543 g/mol. The standard InChI is InChI=1S/C17H9Br4N/c18-12-7-3-1-5-10(12)16-14(20)9-15(21)17(22-16)11-6-2-4-8-13(11)19/h1-9H. The van der Waals surface area contributed by atoms with Crippen LogP contribution < -0.4 is 0 Å². The molecule has 1 aromatic heterocycles. The van der Waals surface area contributed by atoms with Crippen molar-refractivity contribution in [3.05, 3.63) is 72.5 Å². The first-order valence-corrected chi connectivity index (χ1v) is 9.61. The SMILES string of the molecule is Brc1ccccc1-c1nc(-c2ccccc2Br)c(Br)cc1Br. The van der Waals surface area contributed by atoms with Crippen LogP contribution in [0.4, 0.5) is 0 Å². The second-order valence-electron chi connectivity index (χ2n) is 4.61. The van der Waals surface area contributed by atoms with E-state index in [4.69, 9.17) is 4.98 Å². The molecule has 0 radical (unpaired) electrons. The summed E-state index contributed by atoms with van der Waals surface area (Å²) in [4.78, 5) is 4.88. The van der Waals surface area contributed by atoms with Crippen LogP contribution in [0, 0.1) is 0 Å². The maximum atomic E-state index is 4.88. The molecule has 0 unspecified atom stereocenters. The Balaban J connectivity index is 2.25. The quantitative estimate of drug-likeness (QED) is 0.325. The van der Waals surface area contributed by atoms with E-state index in [0.717, 1.165) is 40.4 Å². The molecule has 0 aliphatic carbocycles. The van der Waals surface area contributed by atoms with Crippen LogP contribution in [-0.4, -0.2) is 4.98 Å². The minimum Gasteiger partial charge on any atom is -0.245 e. The molecule has 22 heavy (non-hydrogen) atoms. The molecule has 0 spiro atoms. The van der Waals surface area contributed by atoms with Crippen LogP contribution in [-0.2, 0) is 0 Å². The van der Waals surface area contributed by atoms with Gasteiger partial charge in [-0.3, -0.25) is 0 Å². The highest BCUT2D eigenvalue weighted by Gasteiger charge is 2.15. The van der Waals surface area contributed by atoms with Gasteiger partial charge in [-0.2, -0.15) is 0 Å². The molecule has 0 aliphatic heterocycles. The zero-order valence-electron chi connectivity index (χ0n) is 11.2. The fraction of sp³-hybridized carbons (Fsp3) is 0. The summed E-state index contributed by atoms with van der Waals surface area (Å²) in [6, 6.07) is 18.2. The smallest absolute Gasteiger partial charge is 0.0863 e. The van der Waals surface area contributed by atoms with E-state index in [1.165, 1.54) is 0 Å². The molecule has 3 rings (SSSR count). The summed E-state index contributed by atoms with van der Waals surface area (Å²) in [7, 11) is 0. The van der Waals surface area contributed by atoms with Crippen molar-refractivity contribution in [1.82, 2.24) is 4.98 Å². The molecule has 0 atom stereocenters. The molecule has 0 fully saturated rings. The van der Waals surface area contributed by atoms with Gasteiger partial charge in [0.15, 0.2) is 0 Å². The number of hydrogen-bond donors (Lipinski definition) is 0. The summed E-state index contributed by atoms with van der Waals surface area (Å²) in [5, 5.41) is 0. The van der Waals surface area contributed by atoms with E-state index in [1.54, 1.807) is 0 Å². The van der Waals surface area contributed by atoms with Gasteiger partial charge in [-0.15, -0.1) is 0 Å². The number of aromatic nitrogens is 1. The third kappa shape index (κ3) is 3.23. The molecular formula is C17H9Br4N. The molecule has 1 heterocycles. The van der Waals surface area contributed by atoms with Crippen LogP contribution in [0.3, 0.4) is 0 Å². The largest absolute Gasteiger partial charge is 0.245 e. The number of nitrogens with zero attached hydrogens (tertiary/aromatic N) is 1. The Labute approximate surface area is 162 Å². The third-order valence-electron chi connectivity index (χ3n) is 3.19. The minimum atomic E-state index is 0.904. The van der Waals surface area contributed by atoms with Gasteiger partial charge in [-0.05, 0) is 50.1 Å². The molecule has 3 aromatic rings. The summed E-state index contributed by atoms with van der Waals surface area (Å²) < 4.78 is 3.93. The molecule has 2 aromatic carbocycles. The lowest BCUT2D eigenvalue weighted by atomic mass is 10.1. The van der Waals surface area contributed by atoms with Crippen LogP contribution >= 0.6 is 63.7 Å². The number of benzene rings is 2. The minimum absolute atomic E-state index is 0.904. The molecule has 1 nitrogen and oxygen atoms in total. The van der Waals surface area contributed by atoms with Crippen molar-refractivity contribution in [3.8, 4) is 22.5 Å². The van der Waals surface area contributed by atoms with Gasteiger partial charge in [0, 0.05) is 29.0 Å². The number of rotatable bonds is 2. The molecule has 0 aliphatic rings. The lowest BCUT2D eigenvalue weighted by molar-refractivity contribution is 1.28. The van der Waals surface area contributed by atoms with Crippen LogP contribution in [0.25, 0.3) is 22.5 Å². The van der Waals surface area contributed by atoms with E-state index < -0.39 is 0 Å². The van der Waals surface area contributed by atoms with E-state index in [0.29, 0.717) is 0 Å². The van der Waals surface area contributed by atoms with Gasteiger partial charge in [0.05, 0.1) is 11.4 Å². The summed E-state index contributed by atoms with van der Waals surface area (Å²) in [6.07, 6.45) is 0. The van der Waals surface area contributed by atoms with Crippen molar-refractivity contribution in [2.24, 2.45) is 0 Å². The van der Waals surface area contributed by atoms with Gasteiger partial charge >= 0.3 is 0 Å². The number of hydrogen-bond acceptors (Lipinski definition) is 1. The molecule has 5 heteroatoms. The van der Waals surface area contributed by atoms with E-state index in [2.05, 4.69) is 75.9 Å². The van der Waals surface area contributed by atoms with Crippen molar-refractivity contribution in [2.75, 3.05) is 0 Å². The van der Waals surface area contributed by atoms with Crippen LogP contribution in [0.5, 0.6) is 0 Å². The maximum absolute atomic E-state index is 4.88. The molecule has 0 N–H and O–H groups in total. The summed E-state index contributed by atoms with van der Waals surface area (Å²) in [5.74, 6) is 0. The maximum Gasteiger partial charge on any atom is 0.0863 e. The fourth-order valence-corrected chi connectivity index (χ4v) is 4.47. The van der Waals surface area contributed by atoms with Gasteiger partial charge in [0.25, 0.3) is 0 Å². The van der Waals surface area contributed by atoms with E-state index in [1.807, 2.05) is 42.5 Å². The van der Waals surface area contributed by atoms with E-state index in [9.17, 15) is 0 Å². The normalized spacial score (nSPS) is 10.7. The molecule has 0 saturated heterocycles. The second kappa shape index (κ2) is 6.95. The second-order valence-corrected chi connectivity index (χ2v) is 8.03. The predicted molar refractivity (Wildman–Crippen MR) is 106 cm³/mol. The van der Waals surface area contributed by atoms with Gasteiger partial charge in [-0.25, -0.2) is 4.98 Å². The van der Waals surface area contributed by atoms with Crippen molar-refractivity contribution in [1.29, 1.82) is 0 Å². The molecular weight excluding hydrogens is 538 g/mol. The summed E-state index contributed by atoms with van der Waals surface area (Å²) in [6.45, 7) is 0. The molecule has 0 saturated carbocycles. The van der Waals surface area contributed by atoms with Crippen molar-refractivity contribution >= 4 is 63.7 Å². The average Bonchev–Trinajstić information content (AvgIpc) is 2.50. The number of pyridine rings is 1. The summed E-state index contributed by atoms with van der Waals surface area (Å²) in [5.41, 5.74) is 3.91. The Morgan fingerprint density at radius 2 is 0.955 bits per heavy atom. The van der Waals surface area contributed by atoms with Crippen molar-refractivity contribution < 1.29 is 0 Å². The lowest BCUT2D eigenvalue weighted by Crippen LogP contribution is -1.93. The van der Waals surface area contributed by atoms with Gasteiger partial charge < -0.3 is 0 Å². The Kier molecular flexibility index (Phi) is 5.17. The van der Waals surface area contributed by atoms with E-state index in [-0.39, 0.29) is 0 Å². The molecule has 110 valence electrons. The third-order valence-corrected chi connectivity index (χ3v) is 5.78. The highest BCUT2D eigenvalue weighted by molar-refractivity contribution is 9.11. The van der Waals surface area contributed by atoms with Gasteiger partial charge in [-0.1, -0.05) is 68.3 Å². The lowest BCUT2D eigenvalue weighted by Gasteiger charge is -2.12. The first kappa shape index (κ1) is 16.4. The Morgan fingerprint density at radius 1 is 0.545 bits per heavy atom. The number of halogens is 4. The summed E-state index contributed by atoms with van der Waals surface area (Å²) >= 11 is 14.4. The van der Waals surface area contributed by atoms with Crippen LogP contribution in [0.2, 0.25) is 0 Å². The Hall–Kier alpha value is -0.490.